The van der Waals surface area contributed by atoms with Crippen molar-refractivity contribution in [1.82, 2.24) is 4.31 Å². The molecule has 0 aliphatic carbocycles. The molecule has 0 saturated carbocycles. The number of rotatable bonds is 6. The second-order valence-corrected chi connectivity index (χ2v) is 7.43. The highest BCUT2D eigenvalue weighted by atomic mass is 79.9. The molecule has 0 aromatic heterocycles. The van der Waals surface area contributed by atoms with E-state index in [1.54, 1.807) is 0 Å². The Labute approximate surface area is 131 Å². The van der Waals surface area contributed by atoms with Gasteiger partial charge in [-0.25, -0.2) is 8.42 Å². The number of benzene rings is 1. The zero-order chi connectivity index (χ0) is 16.3. The second-order valence-electron chi connectivity index (χ2n) is 4.58. The third-order valence-electron chi connectivity index (χ3n) is 2.78. The van der Waals surface area contributed by atoms with Gasteiger partial charge in [0.15, 0.2) is 0 Å². The van der Waals surface area contributed by atoms with Crippen LogP contribution in [0.4, 0.5) is 13.2 Å². The van der Waals surface area contributed by atoms with Crippen LogP contribution < -0.4 is 0 Å². The van der Waals surface area contributed by atoms with Gasteiger partial charge in [0.25, 0.3) is 0 Å². The van der Waals surface area contributed by atoms with Crippen LogP contribution in [-0.2, 0) is 16.2 Å². The fourth-order valence-electron chi connectivity index (χ4n) is 1.88. The van der Waals surface area contributed by atoms with Crippen LogP contribution in [0, 0.1) is 0 Å². The lowest BCUT2D eigenvalue weighted by Crippen LogP contribution is -2.32. The van der Waals surface area contributed by atoms with Crippen LogP contribution in [0.15, 0.2) is 27.6 Å². The van der Waals surface area contributed by atoms with Crippen molar-refractivity contribution in [3.63, 3.8) is 0 Å². The molecule has 0 heterocycles. The van der Waals surface area contributed by atoms with E-state index in [4.69, 9.17) is 0 Å². The molecular weight excluding hydrogens is 371 g/mol. The van der Waals surface area contributed by atoms with Crippen LogP contribution in [-0.4, -0.2) is 25.8 Å². The van der Waals surface area contributed by atoms with Gasteiger partial charge in [-0.3, -0.25) is 0 Å². The summed E-state index contributed by atoms with van der Waals surface area (Å²) in [4.78, 5) is -0.342. The van der Waals surface area contributed by atoms with E-state index in [-0.39, 0.29) is 22.5 Å². The average Bonchev–Trinajstić information content (AvgIpc) is 2.36. The molecule has 0 aliphatic heterocycles. The van der Waals surface area contributed by atoms with Gasteiger partial charge in [0, 0.05) is 17.6 Å². The van der Waals surface area contributed by atoms with E-state index in [0.29, 0.717) is 18.9 Å². The number of sulfonamides is 1. The number of alkyl halides is 3. The van der Waals surface area contributed by atoms with Gasteiger partial charge < -0.3 is 0 Å². The lowest BCUT2D eigenvalue weighted by atomic mass is 10.2. The standard InChI is InChI=1S/C13H17BrF3NO2S/c1-3-5-18(6-4-2)21(19,20)12-8-10(13(15,16)17)7-11(14)9-12/h7-9H,3-6H2,1-2H3. The minimum absolute atomic E-state index is 0.0869. The molecule has 1 rings (SSSR count). The first-order valence-electron chi connectivity index (χ1n) is 6.50. The van der Waals surface area contributed by atoms with Gasteiger partial charge in [0.1, 0.15) is 0 Å². The first-order chi connectivity index (χ1) is 9.62. The molecular formula is C13H17BrF3NO2S. The summed E-state index contributed by atoms with van der Waals surface area (Å²) in [5.74, 6) is 0. The molecule has 1 aromatic rings. The molecule has 0 fully saturated rings. The summed E-state index contributed by atoms with van der Waals surface area (Å²) >= 11 is 2.94. The summed E-state index contributed by atoms with van der Waals surface area (Å²) in [6.07, 6.45) is -3.40. The highest BCUT2D eigenvalue weighted by molar-refractivity contribution is 9.10. The summed E-state index contributed by atoms with van der Waals surface area (Å²) in [6, 6.07) is 2.74. The fourth-order valence-corrected chi connectivity index (χ4v) is 4.22. The Morgan fingerprint density at radius 2 is 1.62 bits per heavy atom. The van der Waals surface area contributed by atoms with Crippen LogP contribution >= 0.6 is 15.9 Å². The van der Waals surface area contributed by atoms with Crippen molar-refractivity contribution in [3.8, 4) is 0 Å². The van der Waals surface area contributed by atoms with E-state index in [1.807, 2.05) is 13.8 Å². The maximum atomic E-state index is 12.8. The topological polar surface area (TPSA) is 37.4 Å². The Balaban J connectivity index is 3.33. The van der Waals surface area contributed by atoms with Gasteiger partial charge in [0.2, 0.25) is 10.0 Å². The van der Waals surface area contributed by atoms with Crippen molar-refractivity contribution >= 4 is 26.0 Å². The highest BCUT2D eigenvalue weighted by Gasteiger charge is 2.33. The molecule has 1 aromatic carbocycles. The third kappa shape index (κ3) is 4.69. The van der Waals surface area contributed by atoms with Crippen molar-refractivity contribution in [2.45, 2.75) is 37.8 Å². The fraction of sp³-hybridized carbons (Fsp3) is 0.538. The lowest BCUT2D eigenvalue weighted by Gasteiger charge is -2.21. The van der Waals surface area contributed by atoms with Crippen LogP contribution in [0.1, 0.15) is 32.3 Å². The summed E-state index contributed by atoms with van der Waals surface area (Å²) in [6.45, 7) is 4.20. The molecule has 0 aliphatic rings. The maximum absolute atomic E-state index is 12.8. The van der Waals surface area contributed by atoms with Crippen molar-refractivity contribution in [2.75, 3.05) is 13.1 Å². The van der Waals surface area contributed by atoms with E-state index in [0.717, 1.165) is 6.07 Å². The maximum Gasteiger partial charge on any atom is 0.416 e. The molecule has 0 atom stereocenters. The first kappa shape index (κ1) is 18.4. The molecule has 0 unspecified atom stereocenters. The van der Waals surface area contributed by atoms with Crippen LogP contribution in [0.5, 0.6) is 0 Å². The quantitative estimate of drug-likeness (QED) is 0.730. The SMILES string of the molecule is CCCN(CCC)S(=O)(=O)c1cc(Br)cc(C(F)(F)F)c1. The molecule has 0 N–H and O–H groups in total. The molecule has 0 bridgehead atoms. The van der Waals surface area contributed by atoms with E-state index in [1.165, 1.54) is 10.4 Å². The summed E-state index contributed by atoms with van der Waals surface area (Å²) in [5, 5.41) is 0. The summed E-state index contributed by atoms with van der Waals surface area (Å²) in [7, 11) is -3.93. The lowest BCUT2D eigenvalue weighted by molar-refractivity contribution is -0.137. The Morgan fingerprint density at radius 3 is 2.05 bits per heavy atom. The van der Waals surface area contributed by atoms with Crippen LogP contribution in [0.25, 0.3) is 0 Å². The number of halogens is 4. The Kier molecular flexibility index (Phi) is 6.24. The van der Waals surface area contributed by atoms with Gasteiger partial charge in [-0.2, -0.15) is 17.5 Å². The molecule has 0 radical (unpaired) electrons. The number of nitrogens with zero attached hydrogens (tertiary/aromatic N) is 1. The largest absolute Gasteiger partial charge is 0.416 e. The Morgan fingerprint density at radius 1 is 1.10 bits per heavy atom. The molecule has 0 spiro atoms. The smallest absolute Gasteiger partial charge is 0.207 e. The second kappa shape index (κ2) is 7.11. The Hall–Kier alpha value is -0.600. The van der Waals surface area contributed by atoms with Crippen molar-refractivity contribution in [3.05, 3.63) is 28.2 Å². The van der Waals surface area contributed by atoms with Gasteiger partial charge in [0.05, 0.1) is 10.5 Å². The van der Waals surface area contributed by atoms with Gasteiger partial charge >= 0.3 is 6.18 Å². The highest BCUT2D eigenvalue weighted by Crippen LogP contribution is 2.33. The number of hydrogen-bond acceptors (Lipinski definition) is 2. The third-order valence-corrected chi connectivity index (χ3v) is 5.12. The Bertz CT molecular complexity index is 582. The molecule has 21 heavy (non-hydrogen) atoms. The predicted molar refractivity (Wildman–Crippen MR) is 78.5 cm³/mol. The monoisotopic (exact) mass is 387 g/mol. The van der Waals surface area contributed by atoms with Crippen LogP contribution in [0.2, 0.25) is 0 Å². The molecule has 3 nitrogen and oxygen atoms in total. The van der Waals surface area contributed by atoms with E-state index < -0.39 is 21.8 Å². The average molecular weight is 388 g/mol. The van der Waals surface area contributed by atoms with Gasteiger partial charge in [-0.05, 0) is 31.0 Å². The molecule has 8 heteroatoms. The predicted octanol–water partition coefficient (Wildman–Crippen LogP) is 4.28. The van der Waals surface area contributed by atoms with Gasteiger partial charge in [-0.1, -0.05) is 29.8 Å². The minimum atomic E-state index is -4.59. The number of hydrogen-bond donors (Lipinski definition) is 0. The van der Waals surface area contributed by atoms with Gasteiger partial charge in [-0.15, -0.1) is 0 Å². The first-order valence-corrected chi connectivity index (χ1v) is 8.74. The molecule has 0 saturated heterocycles. The molecule has 0 amide bonds. The summed E-state index contributed by atoms with van der Waals surface area (Å²) in [5.41, 5.74) is -0.983. The van der Waals surface area contributed by atoms with E-state index in [2.05, 4.69) is 15.9 Å². The zero-order valence-corrected chi connectivity index (χ0v) is 14.1. The molecule has 120 valence electrons. The zero-order valence-electron chi connectivity index (χ0n) is 11.7. The van der Waals surface area contributed by atoms with Crippen molar-refractivity contribution in [1.29, 1.82) is 0 Å². The van der Waals surface area contributed by atoms with Crippen LogP contribution in [0.3, 0.4) is 0 Å². The van der Waals surface area contributed by atoms with Crippen molar-refractivity contribution in [2.24, 2.45) is 0 Å². The van der Waals surface area contributed by atoms with Crippen molar-refractivity contribution < 1.29 is 21.6 Å². The summed E-state index contributed by atoms with van der Waals surface area (Å²) < 4.78 is 64.7. The normalized spacial score (nSPS) is 12.9. The van der Waals surface area contributed by atoms with E-state index in [9.17, 15) is 21.6 Å². The van der Waals surface area contributed by atoms with E-state index >= 15 is 0 Å². The minimum Gasteiger partial charge on any atom is -0.207 e.